The van der Waals surface area contributed by atoms with Crippen molar-refractivity contribution in [3.63, 3.8) is 0 Å². The zero-order valence-electron chi connectivity index (χ0n) is 18.6. The van der Waals surface area contributed by atoms with E-state index in [4.69, 9.17) is 4.98 Å². The van der Waals surface area contributed by atoms with Gasteiger partial charge in [0.15, 0.2) is 5.78 Å². The Morgan fingerprint density at radius 2 is 1.65 bits per heavy atom. The molecule has 31 heavy (non-hydrogen) atoms. The highest BCUT2D eigenvalue weighted by atomic mass is 16.3. The van der Waals surface area contributed by atoms with Gasteiger partial charge in [0.05, 0.1) is 17.6 Å². The lowest BCUT2D eigenvalue weighted by Gasteiger charge is -2.12. The van der Waals surface area contributed by atoms with Gasteiger partial charge in [-0.05, 0) is 73.7 Å². The number of fused-ring (bicyclic) bond motifs is 1. The monoisotopic (exact) mass is 412 g/mol. The average molecular weight is 413 g/mol. The molecule has 0 spiro atoms. The van der Waals surface area contributed by atoms with Gasteiger partial charge >= 0.3 is 0 Å². The van der Waals surface area contributed by atoms with E-state index in [1.54, 1.807) is 0 Å². The number of hydrogen-bond donors (Lipinski definition) is 1. The standard InChI is InChI=1S/C27H28N2O2/c1-17-8-9-21(14-20(17)4)15-25(31)22-10-11-23-24(16-22)29(12-13-30)27(28-23)26-18(2)6-5-7-19(26)3/h5-11,14,16,30H,12-13,15H2,1-4H3. The number of aliphatic hydroxyl groups is 1. The first-order valence-corrected chi connectivity index (χ1v) is 10.7. The van der Waals surface area contributed by atoms with E-state index in [1.165, 1.54) is 11.1 Å². The molecule has 1 heterocycles. The van der Waals surface area contributed by atoms with Crippen LogP contribution in [0.25, 0.3) is 22.4 Å². The maximum atomic E-state index is 13.0. The van der Waals surface area contributed by atoms with Crippen LogP contribution in [0.15, 0.2) is 54.6 Å². The van der Waals surface area contributed by atoms with Crippen molar-refractivity contribution in [1.82, 2.24) is 9.55 Å². The van der Waals surface area contributed by atoms with Crippen LogP contribution in [0.4, 0.5) is 0 Å². The number of aromatic nitrogens is 2. The van der Waals surface area contributed by atoms with Crippen LogP contribution in [-0.2, 0) is 13.0 Å². The van der Waals surface area contributed by atoms with Gasteiger partial charge in [0.1, 0.15) is 5.82 Å². The molecule has 4 rings (SSSR count). The van der Waals surface area contributed by atoms with Crippen molar-refractivity contribution in [2.45, 2.75) is 40.7 Å². The third kappa shape index (κ3) is 4.04. The van der Waals surface area contributed by atoms with Crippen molar-refractivity contribution < 1.29 is 9.90 Å². The molecule has 1 N–H and O–H groups in total. The molecule has 4 nitrogen and oxygen atoms in total. The lowest BCUT2D eigenvalue weighted by Crippen LogP contribution is -2.07. The number of carbonyl (C=O) groups excluding carboxylic acids is 1. The lowest BCUT2D eigenvalue weighted by molar-refractivity contribution is 0.0993. The van der Waals surface area contributed by atoms with Crippen molar-refractivity contribution in [3.05, 3.63) is 88.0 Å². The minimum absolute atomic E-state index is 0.00417. The molecule has 0 bridgehead atoms. The Kier molecular flexibility index (Phi) is 5.75. The average Bonchev–Trinajstić information content (AvgIpc) is 3.08. The summed E-state index contributed by atoms with van der Waals surface area (Å²) in [6.07, 6.45) is 0.366. The van der Waals surface area contributed by atoms with Crippen LogP contribution in [0.5, 0.6) is 0 Å². The maximum absolute atomic E-state index is 13.0. The molecule has 0 aliphatic rings. The molecule has 0 amide bonds. The predicted molar refractivity (Wildman–Crippen MR) is 126 cm³/mol. The van der Waals surface area contributed by atoms with Gasteiger partial charge in [0.25, 0.3) is 0 Å². The molecule has 0 unspecified atom stereocenters. The summed E-state index contributed by atoms with van der Waals surface area (Å²) in [6, 6.07) is 18.0. The van der Waals surface area contributed by atoms with Crippen LogP contribution < -0.4 is 0 Å². The number of benzene rings is 3. The Labute approximate surface area is 183 Å². The van der Waals surface area contributed by atoms with Crippen molar-refractivity contribution >= 4 is 16.8 Å². The van der Waals surface area contributed by atoms with E-state index < -0.39 is 0 Å². The van der Waals surface area contributed by atoms with Crippen molar-refractivity contribution in [2.75, 3.05) is 6.61 Å². The number of rotatable bonds is 6. The van der Waals surface area contributed by atoms with E-state index in [0.717, 1.165) is 39.1 Å². The Morgan fingerprint density at radius 1 is 0.903 bits per heavy atom. The number of aryl methyl sites for hydroxylation is 4. The molecule has 0 fully saturated rings. The van der Waals surface area contributed by atoms with Gasteiger partial charge in [-0.3, -0.25) is 4.79 Å². The molecule has 0 radical (unpaired) electrons. The summed E-state index contributed by atoms with van der Waals surface area (Å²) in [5.41, 5.74) is 9.17. The summed E-state index contributed by atoms with van der Waals surface area (Å²) < 4.78 is 2.03. The first kappa shape index (κ1) is 21.0. The number of Topliss-reactive ketones (excluding diaryl/α,β-unsaturated/α-hetero) is 1. The molecule has 4 heteroatoms. The third-order valence-corrected chi connectivity index (χ3v) is 6.03. The maximum Gasteiger partial charge on any atom is 0.167 e. The fourth-order valence-corrected chi connectivity index (χ4v) is 4.18. The Bertz CT molecular complexity index is 1260. The molecule has 0 aliphatic heterocycles. The fraction of sp³-hybridized carbons (Fsp3) is 0.259. The van der Waals surface area contributed by atoms with Crippen LogP contribution in [0.1, 0.15) is 38.2 Å². The number of nitrogens with zero attached hydrogens (tertiary/aromatic N) is 2. The summed E-state index contributed by atoms with van der Waals surface area (Å²) in [5, 5.41) is 9.71. The van der Waals surface area contributed by atoms with E-state index in [-0.39, 0.29) is 12.4 Å². The molecule has 158 valence electrons. The number of imidazole rings is 1. The molecular weight excluding hydrogens is 384 g/mol. The van der Waals surface area contributed by atoms with Gasteiger partial charge in [-0.15, -0.1) is 0 Å². The third-order valence-electron chi connectivity index (χ3n) is 6.03. The smallest absolute Gasteiger partial charge is 0.167 e. The zero-order valence-corrected chi connectivity index (χ0v) is 18.6. The Hall–Kier alpha value is -3.24. The van der Waals surface area contributed by atoms with Gasteiger partial charge in [0.2, 0.25) is 0 Å². The van der Waals surface area contributed by atoms with E-state index in [9.17, 15) is 9.90 Å². The first-order chi connectivity index (χ1) is 14.9. The van der Waals surface area contributed by atoms with Crippen LogP contribution in [0, 0.1) is 27.7 Å². The van der Waals surface area contributed by atoms with Crippen LogP contribution in [-0.4, -0.2) is 27.0 Å². The minimum atomic E-state index is 0.00417. The second-order valence-corrected chi connectivity index (χ2v) is 8.30. The van der Waals surface area contributed by atoms with Crippen molar-refractivity contribution in [3.8, 4) is 11.4 Å². The predicted octanol–water partition coefficient (Wildman–Crippen LogP) is 5.35. The van der Waals surface area contributed by atoms with Crippen LogP contribution in [0.2, 0.25) is 0 Å². The minimum Gasteiger partial charge on any atom is -0.395 e. The van der Waals surface area contributed by atoms with E-state index >= 15 is 0 Å². The summed E-state index contributed by atoms with van der Waals surface area (Å²) in [6.45, 7) is 8.72. The van der Waals surface area contributed by atoms with Gasteiger partial charge in [-0.2, -0.15) is 0 Å². The van der Waals surface area contributed by atoms with Gasteiger partial charge in [-0.1, -0.05) is 36.4 Å². The second kappa shape index (κ2) is 8.48. The summed E-state index contributed by atoms with van der Waals surface area (Å²) in [4.78, 5) is 17.9. The molecule has 1 aromatic heterocycles. The summed E-state index contributed by atoms with van der Waals surface area (Å²) in [7, 11) is 0. The molecular formula is C27H28N2O2. The van der Waals surface area contributed by atoms with Gasteiger partial charge in [-0.25, -0.2) is 4.98 Å². The topological polar surface area (TPSA) is 55.1 Å². The summed E-state index contributed by atoms with van der Waals surface area (Å²) in [5.74, 6) is 0.911. The first-order valence-electron chi connectivity index (χ1n) is 10.7. The number of aliphatic hydroxyl groups excluding tert-OH is 1. The highest BCUT2D eigenvalue weighted by Gasteiger charge is 2.18. The molecule has 0 saturated carbocycles. The number of hydrogen-bond acceptors (Lipinski definition) is 3. The van der Waals surface area contributed by atoms with Crippen LogP contribution >= 0.6 is 0 Å². The molecule has 0 aliphatic carbocycles. The van der Waals surface area contributed by atoms with E-state index in [1.807, 2.05) is 34.9 Å². The molecule has 4 aromatic rings. The second-order valence-electron chi connectivity index (χ2n) is 8.30. The fourth-order valence-electron chi connectivity index (χ4n) is 4.18. The number of ketones is 1. The van der Waals surface area contributed by atoms with E-state index in [0.29, 0.717) is 18.5 Å². The van der Waals surface area contributed by atoms with Crippen molar-refractivity contribution in [1.29, 1.82) is 0 Å². The summed E-state index contributed by atoms with van der Waals surface area (Å²) >= 11 is 0. The molecule has 0 atom stereocenters. The Balaban J connectivity index is 1.77. The lowest BCUT2D eigenvalue weighted by atomic mass is 9.99. The zero-order chi connectivity index (χ0) is 22.1. The molecule has 3 aromatic carbocycles. The quantitative estimate of drug-likeness (QED) is 0.434. The number of carbonyl (C=O) groups is 1. The molecule has 0 saturated heterocycles. The SMILES string of the molecule is Cc1ccc(CC(=O)c2ccc3nc(-c4c(C)cccc4C)n(CCO)c3c2)cc1C. The normalized spacial score (nSPS) is 11.3. The van der Waals surface area contributed by atoms with Crippen molar-refractivity contribution in [2.24, 2.45) is 0 Å². The van der Waals surface area contributed by atoms with Crippen LogP contribution in [0.3, 0.4) is 0 Å². The van der Waals surface area contributed by atoms with Gasteiger partial charge < -0.3 is 9.67 Å². The highest BCUT2D eigenvalue weighted by molar-refractivity contribution is 6.00. The van der Waals surface area contributed by atoms with Gasteiger partial charge in [0, 0.05) is 24.1 Å². The largest absolute Gasteiger partial charge is 0.395 e. The Morgan fingerprint density at radius 3 is 2.32 bits per heavy atom. The van der Waals surface area contributed by atoms with E-state index in [2.05, 4.69) is 52.0 Å². The highest BCUT2D eigenvalue weighted by Crippen LogP contribution is 2.30.